The van der Waals surface area contributed by atoms with E-state index in [1.54, 1.807) is 0 Å². The zero-order valence-electron chi connectivity index (χ0n) is 61.8. The van der Waals surface area contributed by atoms with Crippen molar-refractivity contribution in [2.24, 2.45) is 5.92 Å². The Morgan fingerprint density at radius 3 is 0.716 bits per heavy atom. The maximum atomic E-state index is 13.1. The van der Waals surface area contributed by atoms with Crippen molar-refractivity contribution < 1.29 is 80.2 Å². The van der Waals surface area contributed by atoms with Gasteiger partial charge in [0.15, 0.2) is 12.2 Å². The Labute approximate surface area is 581 Å². The second kappa shape index (κ2) is 69.2. The SMILES string of the molecule is CCCCCCCCCCCCCCCCCCCCCCC(=O)OC[C@H](COP(=O)(O)OC[C@@H](O)COP(=O)(O)OC[C@@H](COC(=O)CCCCCCC)OC(=O)CCCCCCCCCCC)OC(=O)CCCCCCCCCCCCCCCCCCCCC(C)C. The number of phosphoric ester groups is 2. The zero-order valence-corrected chi connectivity index (χ0v) is 63.6. The highest BCUT2D eigenvalue weighted by Crippen LogP contribution is 2.45. The van der Waals surface area contributed by atoms with E-state index < -0.39 is 97.5 Å². The fraction of sp³-hybridized carbons (Fsp3) is 0.947. The van der Waals surface area contributed by atoms with E-state index in [4.69, 9.17) is 37.0 Å². The van der Waals surface area contributed by atoms with Crippen LogP contribution in [-0.4, -0.2) is 96.7 Å². The van der Waals surface area contributed by atoms with Gasteiger partial charge in [0.2, 0.25) is 0 Å². The maximum absolute atomic E-state index is 13.1. The molecule has 3 N–H and O–H groups in total. The van der Waals surface area contributed by atoms with Crippen molar-refractivity contribution in [3.8, 4) is 0 Å². The number of hydrogen-bond acceptors (Lipinski definition) is 15. The maximum Gasteiger partial charge on any atom is 0.472 e. The van der Waals surface area contributed by atoms with Crippen LogP contribution in [0.15, 0.2) is 0 Å². The average molecular weight is 1400 g/mol. The van der Waals surface area contributed by atoms with Gasteiger partial charge in [-0.3, -0.25) is 37.3 Å². The van der Waals surface area contributed by atoms with Gasteiger partial charge in [-0.25, -0.2) is 9.13 Å². The molecule has 564 valence electrons. The number of carbonyl (C=O) groups excluding carboxylic acids is 4. The van der Waals surface area contributed by atoms with Crippen LogP contribution in [0.4, 0.5) is 0 Å². The van der Waals surface area contributed by atoms with Crippen LogP contribution in [-0.2, 0) is 65.4 Å². The quantitative estimate of drug-likeness (QED) is 0.0222. The number of hydrogen-bond donors (Lipinski definition) is 3. The first kappa shape index (κ1) is 93.1. The number of aliphatic hydroxyl groups is 1. The van der Waals surface area contributed by atoms with E-state index in [0.29, 0.717) is 25.7 Å². The summed E-state index contributed by atoms with van der Waals surface area (Å²) in [5.41, 5.74) is 0. The van der Waals surface area contributed by atoms with E-state index in [9.17, 15) is 43.2 Å². The molecule has 0 rings (SSSR count). The van der Waals surface area contributed by atoms with Crippen molar-refractivity contribution in [2.45, 2.75) is 419 Å². The van der Waals surface area contributed by atoms with Crippen molar-refractivity contribution in [3.05, 3.63) is 0 Å². The van der Waals surface area contributed by atoms with Gasteiger partial charge in [0.1, 0.15) is 19.3 Å². The molecule has 0 saturated heterocycles. The van der Waals surface area contributed by atoms with Crippen LogP contribution in [0.3, 0.4) is 0 Å². The standard InChI is InChI=1S/C76H148O17P2/c1-6-9-12-15-17-19-20-21-22-23-24-25-29-32-35-38-42-45-50-55-60-74(79)87-66-72(93-76(81)62-57-52-47-43-39-36-33-30-27-26-28-31-34-37-41-44-49-53-58-69(4)5)68-91-95(84,85)89-64-70(77)63-88-94(82,83)90-67-71(65-86-73(78)59-54-48-14-11-8-3)92-75(80)61-56-51-46-40-18-16-13-10-7-2/h69-72,77H,6-68H2,1-5H3,(H,82,83)(H,84,85)/t70-,71+,72+/m0/s1. The summed E-state index contributed by atoms with van der Waals surface area (Å²) in [6, 6.07) is 0. The molecule has 0 aliphatic carbocycles. The Morgan fingerprint density at radius 1 is 0.284 bits per heavy atom. The van der Waals surface area contributed by atoms with Crippen LogP contribution >= 0.6 is 15.6 Å². The second-order valence-corrected chi connectivity index (χ2v) is 30.8. The lowest BCUT2D eigenvalue weighted by Gasteiger charge is -2.21. The van der Waals surface area contributed by atoms with Crippen LogP contribution in [0.5, 0.6) is 0 Å². The van der Waals surface area contributed by atoms with Crippen LogP contribution in [0.2, 0.25) is 0 Å². The minimum absolute atomic E-state index is 0.105. The minimum Gasteiger partial charge on any atom is -0.462 e. The lowest BCUT2D eigenvalue weighted by molar-refractivity contribution is -0.161. The summed E-state index contributed by atoms with van der Waals surface area (Å²) in [5.74, 6) is -1.31. The van der Waals surface area contributed by atoms with Gasteiger partial charge in [-0.15, -0.1) is 0 Å². The number of esters is 4. The van der Waals surface area contributed by atoms with E-state index in [1.165, 1.54) is 218 Å². The molecule has 0 fully saturated rings. The van der Waals surface area contributed by atoms with Gasteiger partial charge < -0.3 is 33.8 Å². The molecule has 0 aromatic rings. The van der Waals surface area contributed by atoms with Crippen molar-refractivity contribution in [3.63, 3.8) is 0 Å². The predicted molar refractivity (Wildman–Crippen MR) is 386 cm³/mol. The van der Waals surface area contributed by atoms with Gasteiger partial charge in [0.05, 0.1) is 26.4 Å². The van der Waals surface area contributed by atoms with E-state index >= 15 is 0 Å². The fourth-order valence-corrected chi connectivity index (χ4v) is 13.3. The minimum atomic E-state index is -4.95. The number of ether oxygens (including phenoxy) is 4. The highest BCUT2D eigenvalue weighted by Gasteiger charge is 2.30. The van der Waals surface area contributed by atoms with Crippen LogP contribution in [0, 0.1) is 5.92 Å². The van der Waals surface area contributed by atoms with Crippen LogP contribution in [0.25, 0.3) is 0 Å². The van der Waals surface area contributed by atoms with Crippen LogP contribution < -0.4 is 0 Å². The number of unbranched alkanes of at least 4 members (excludes halogenated alkanes) is 48. The third-order valence-corrected chi connectivity index (χ3v) is 19.7. The molecule has 95 heavy (non-hydrogen) atoms. The molecule has 0 bridgehead atoms. The number of aliphatic hydroxyl groups excluding tert-OH is 1. The normalized spacial score (nSPS) is 13.9. The topological polar surface area (TPSA) is 237 Å². The van der Waals surface area contributed by atoms with E-state index in [2.05, 4.69) is 34.6 Å². The molecule has 0 spiro atoms. The van der Waals surface area contributed by atoms with Gasteiger partial charge >= 0.3 is 39.5 Å². The first-order valence-electron chi connectivity index (χ1n) is 39.6. The smallest absolute Gasteiger partial charge is 0.462 e. The Bertz CT molecular complexity index is 1820. The Kier molecular flexibility index (Phi) is 67.7. The number of carbonyl (C=O) groups is 4. The Balaban J connectivity index is 5.08. The van der Waals surface area contributed by atoms with Gasteiger partial charge in [0, 0.05) is 25.7 Å². The van der Waals surface area contributed by atoms with E-state index in [1.807, 2.05) is 0 Å². The molecular formula is C76H148O17P2. The molecule has 0 heterocycles. The molecule has 19 heteroatoms. The molecular weight excluding hydrogens is 1250 g/mol. The predicted octanol–water partition coefficient (Wildman–Crippen LogP) is 22.5. The number of rotatable bonds is 76. The second-order valence-electron chi connectivity index (χ2n) is 27.9. The molecule has 0 radical (unpaired) electrons. The average Bonchev–Trinajstić information content (AvgIpc) is 1.56. The molecule has 0 aliphatic rings. The molecule has 17 nitrogen and oxygen atoms in total. The molecule has 0 aromatic carbocycles. The lowest BCUT2D eigenvalue weighted by atomic mass is 10.0. The van der Waals surface area contributed by atoms with Crippen molar-refractivity contribution in [2.75, 3.05) is 39.6 Å². The number of phosphoric acid groups is 2. The van der Waals surface area contributed by atoms with Gasteiger partial charge in [0.25, 0.3) is 0 Å². The fourth-order valence-electron chi connectivity index (χ4n) is 11.7. The highest BCUT2D eigenvalue weighted by molar-refractivity contribution is 7.47. The summed E-state index contributed by atoms with van der Waals surface area (Å²) >= 11 is 0. The van der Waals surface area contributed by atoms with E-state index in [-0.39, 0.29) is 25.7 Å². The summed E-state index contributed by atoms with van der Waals surface area (Å²) < 4.78 is 68.2. The van der Waals surface area contributed by atoms with Gasteiger partial charge in [-0.05, 0) is 31.6 Å². The largest absolute Gasteiger partial charge is 0.472 e. The van der Waals surface area contributed by atoms with Crippen LogP contribution in [0.1, 0.15) is 401 Å². The first-order chi connectivity index (χ1) is 46.0. The molecule has 0 aromatic heterocycles. The Hall–Kier alpha value is -1.94. The van der Waals surface area contributed by atoms with Gasteiger partial charge in [-0.2, -0.15) is 0 Å². The molecule has 0 amide bonds. The monoisotopic (exact) mass is 1400 g/mol. The molecule has 2 unspecified atom stereocenters. The lowest BCUT2D eigenvalue weighted by Crippen LogP contribution is -2.30. The summed E-state index contributed by atoms with van der Waals surface area (Å²) in [4.78, 5) is 72.4. The molecule has 5 atom stereocenters. The third kappa shape index (κ3) is 70.3. The van der Waals surface area contributed by atoms with Gasteiger partial charge in [-0.1, -0.05) is 349 Å². The first-order valence-corrected chi connectivity index (χ1v) is 42.6. The van der Waals surface area contributed by atoms with Crippen molar-refractivity contribution in [1.29, 1.82) is 0 Å². The van der Waals surface area contributed by atoms with E-state index in [0.717, 1.165) is 102 Å². The molecule has 0 aliphatic heterocycles. The van der Waals surface area contributed by atoms with Crippen molar-refractivity contribution >= 4 is 39.5 Å². The summed E-state index contributed by atoms with van der Waals surface area (Å²) in [5, 5.41) is 10.6. The summed E-state index contributed by atoms with van der Waals surface area (Å²) in [6.45, 7) is 7.21. The highest BCUT2D eigenvalue weighted by atomic mass is 31.2. The third-order valence-electron chi connectivity index (χ3n) is 17.8. The summed E-state index contributed by atoms with van der Waals surface area (Å²) in [7, 11) is -9.89. The zero-order chi connectivity index (χ0) is 69.8. The summed E-state index contributed by atoms with van der Waals surface area (Å²) in [6.07, 6.45) is 59.0. The molecule has 0 saturated carbocycles. The Morgan fingerprint density at radius 2 is 0.484 bits per heavy atom. The van der Waals surface area contributed by atoms with Crippen molar-refractivity contribution in [1.82, 2.24) is 0 Å².